The van der Waals surface area contributed by atoms with Gasteiger partial charge in [0, 0.05) is 5.97 Å². The molecule has 0 rings (SSSR count). The third-order valence-electron chi connectivity index (χ3n) is 4.06. The summed E-state index contributed by atoms with van der Waals surface area (Å²) in [6.45, 7) is 2.23. The minimum atomic E-state index is -0.937. The van der Waals surface area contributed by atoms with E-state index in [1.807, 2.05) is 0 Å². The molecule has 126 valence electrons. The molecule has 0 saturated heterocycles. The van der Waals surface area contributed by atoms with Crippen LogP contribution in [0.1, 0.15) is 103 Å². The molecule has 1 unspecified atom stereocenters. The number of aliphatic carboxylic acids is 1. The Labute approximate surface area is 180 Å². The van der Waals surface area contributed by atoms with Gasteiger partial charge >= 0.3 is 51.4 Å². The van der Waals surface area contributed by atoms with E-state index < -0.39 is 5.97 Å². The SMILES string of the molecule is CCCCCCCCC(O)CCCCCCCCC(=O)[O-].[K+]. The molecule has 1 atom stereocenters. The normalized spacial score (nSPS) is 11.9. The van der Waals surface area contributed by atoms with Crippen LogP contribution in [-0.4, -0.2) is 17.2 Å². The number of carboxylic acid groups (broad SMARTS) is 1. The summed E-state index contributed by atoms with van der Waals surface area (Å²) in [6.07, 6.45) is 15.9. The number of rotatable bonds is 16. The van der Waals surface area contributed by atoms with Crippen LogP contribution >= 0.6 is 0 Å². The maximum absolute atomic E-state index is 10.2. The van der Waals surface area contributed by atoms with Crippen molar-refractivity contribution in [3.05, 3.63) is 0 Å². The summed E-state index contributed by atoms with van der Waals surface area (Å²) < 4.78 is 0. The molecule has 0 aromatic heterocycles. The van der Waals surface area contributed by atoms with E-state index in [4.69, 9.17) is 0 Å². The Kier molecular flexibility index (Phi) is 23.1. The van der Waals surface area contributed by atoms with Gasteiger partial charge in [0.05, 0.1) is 6.10 Å². The summed E-state index contributed by atoms with van der Waals surface area (Å²) in [7, 11) is 0. The molecule has 0 aliphatic heterocycles. The van der Waals surface area contributed by atoms with Crippen molar-refractivity contribution in [1.29, 1.82) is 0 Å². The van der Waals surface area contributed by atoms with E-state index in [1.165, 1.54) is 32.1 Å². The predicted octanol–water partition coefficient (Wildman–Crippen LogP) is 0.973. The van der Waals surface area contributed by atoms with Crippen LogP contribution in [0.4, 0.5) is 0 Å². The fourth-order valence-electron chi connectivity index (χ4n) is 2.66. The van der Waals surface area contributed by atoms with Gasteiger partial charge in [-0.05, 0) is 25.7 Å². The summed E-state index contributed by atoms with van der Waals surface area (Å²) in [5, 5.41) is 20.1. The van der Waals surface area contributed by atoms with Gasteiger partial charge in [-0.15, -0.1) is 0 Å². The number of carbonyl (C=O) groups excluding carboxylic acids is 1. The van der Waals surface area contributed by atoms with E-state index in [9.17, 15) is 15.0 Å². The van der Waals surface area contributed by atoms with Gasteiger partial charge in [0.15, 0.2) is 0 Å². The Morgan fingerprint density at radius 3 is 1.68 bits per heavy atom. The second-order valence-corrected chi connectivity index (χ2v) is 6.24. The fraction of sp³-hybridized carbons (Fsp3) is 0.944. The van der Waals surface area contributed by atoms with E-state index in [2.05, 4.69) is 6.92 Å². The van der Waals surface area contributed by atoms with Crippen LogP contribution in [0.3, 0.4) is 0 Å². The molecular formula is C18H35KO3. The second kappa shape index (κ2) is 20.1. The standard InChI is InChI=1S/C18H36O3.K/c1-2-3-4-5-8-11-14-17(19)15-12-9-6-7-10-13-16-18(20)21;/h17,19H,2-16H2,1H3,(H,20,21);/q;+1/p-1. The minimum Gasteiger partial charge on any atom is -0.550 e. The van der Waals surface area contributed by atoms with E-state index in [0.717, 1.165) is 57.8 Å². The maximum atomic E-state index is 10.2. The molecule has 0 saturated carbocycles. The summed E-state index contributed by atoms with van der Waals surface area (Å²) in [4.78, 5) is 10.2. The molecule has 0 spiro atoms. The first-order valence-corrected chi connectivity index (χ1v) is 9.04. The Morgan fingerprint density at radius 1 is 0.818 bits per heavy atom. The molecule has 0 aliphatic carbocycles. The Morgan fingerprint density at radius 2 is 1.23 bits per heavy atom. The molecule has 0 fully saturated rings. The summed E-state index contributed by atoms with van der Waals surface area (Å²) in [5.74, 6) is -0.937. The third kappa shape index (κ3) is 21.1. The van der Waals surface area contributed by atoms with E-state index >= 15 is 0 Å². The summed E-state index contributed by atoms with van der Waals surface area (Å²) >= 11 is 0. The molecule has 0 heterocycles. The Balaban J connectivity index is 0. The van der Waals surface area contributed by atoms with Gasteiger partial charge in [0.25, 0.3) is 0 Å². The molecule has 0 aromatic rings. The zero-order valence-corrected chi connectivity index (χ0v) is 18.1. The van der Waals surface area contributed by atoms with E-state index in [1.54, 1.807) is 0 Å². The van der Waals surface area contributed by atoms with E-state index in [-0.39, 0.29) is 63.9 Å². The second-order valence-electron chi connectivity index (χ2n) is 6.24. The molecule has 4 heteroatoms. The van der Waals surface area contributed by atoms with Crippen molar-refractivity contribution in [3.63, 3.8) is 0 Å². The van der Waals surface area contributed by atoms with E-state index in [0.29, 0.717) is 0 Å². The van der Waals surface area contributed by atoms with Crippen molar-refractivity contribution >= 4 is 5.97 Å². The minimum absolute atomic E-state index is 0. The average molecular weight is 339 g/mol. The molecule has 1 N–H and O–H groups in total. The van der Waals surface area contributed by atoms with Crippen molar-refractivity contribution in [2.24, 2.45) is 0 Å². The van der Waals surface area contributed by atoms with Crippen molar-refractivity contribution < 1.29 is 66.4 Å². The molecule has 0 aromatic carbocycles. The molecule has 0 aliphatic rings. The molecule has 0 bridgehead atoms. The Bertz CT molecular complexity index is 234. The smallest absolute Gasteiger partial charge is 0.550 e. The summed E-state index contributed by atoms with van der Waals surface area (Å²) in [5.41, 5.74) is 0. The zero-order valence-electron chi connectivity index (χ0n) is 14.9. The molecule has 22 heavy (non-hydrogen) atoms. The van der Waals surface area contributed by atoms with Crippen molar-refractivity contribution in [2.45, 2.75) is 109 Å². The zero-order chi connectivity index (χ0) is 15.8. The molecular weight excluding hydrogens is 303 g/mol. The van der Waals surface area contributed by atoms with Gasteiger partial charge < -0.3 is 15.0 Å². The quantitative estimate of drug-likeness (QED) is 0.337. The van der Waals surface area contributed by atoms with Gasteiger partial charge in [-0.1, -0.05) is 77.6 Å². The number of aliphatic hydroxyl groups is 1. The number of unbranched alkanes of at least 4 members (excludes halogenated alkanes) is 10. The molecule has 0 amide bonds. The Hall–Kier alpha value is 1.07. The van der Waals surface area contributed by atoms with Crippen LogP contribution in [0, 0.1) is 0 Å². The van der Waals surface area contributed by atoms with Gasteiger partial charge in [0.1, 0.15) is 0 Å². The average Bonchev–Trinajstić information content (AvgIpc) is 2.45. The first-order valence-electron chi connectivity index (χ1n) is 9.04. The number of hydrogen-bond acceptors (Lipinski definition) is 3. The fourth-order valence-corrected chi connectivity index (χ4v) is 2.66. The first-order chi connectivity index (χ1) is 10.2. The third-order valence-corrected chi connectivity index (χ3v) is 4.06. The van der Waals surface area contributed by atoms with Crippen LogP contribution < -0.4 is 56.5 Å². The number of aliphatic hydroxyl groups excluding tert-OH is 1. The maximum Gasteiger partial charge on any atom is 1.00 e. The van der Waals surface area contributed by atoms with Crippen LogP contribution in [0.25, 0.3) is 0 Å². The van der Waals surface area contributed by atoms with Gasteiger partial charge in [-0.2, -0.15) is 0 Å². The first kappa shape index (κ1) is 25.3. The summed E-state index contributed by atoms with van der Waals surface area (Å²) in [6, 6.07) is 0. The molecule has 3 nitrogen and oxygen atoms in total. The van der Waals surface area contributed by atoms with Crippen LogP contribution in [0.2, 0.25) is 0 Å². The van der Waals surface area contributed by atoms with Crippen LogP contribution in [-0.2, 0) is 4.79 Å². The number of carbonyl (C=O) groups is 1. The van der Waals surface area contributed by atoms with Gasteiger partial charge in [-0.25, -0.2) is 0 Å². The van der Waals surface area contributed by atoms with Crippen molar-refractivity contribution in [3.8, 4) is 0 Å². The molecule has 0 radical (unpaired) electrons. The number of carboxylic acids is 1. The van der Waals surface area contributed by atoms with Gasteiger partial charge in [0.2, 0.25) is 0 Å². The topological polar surface area (TPSA) is 60.4 Å². The number of hydrogen-bond donors (Lipinski definition) is 1. The predicted molar refractivity (Wildman–Crippen MR) is 85.9 cm³/mol. The monoisotopic (exact) mass is 338 g/mol. The van der Waals surface area contributed by atoms with Crippen molar-refractivity contribution in [1.82, 2.24) is 0 Å². The van der Waals surface area contributed by atoms with Crippen LogP contribution in [0.5, 0.6) is 0 Å². The van der Waals surface area contributed by atoms with Crippen LogP contribution in [0.15, 0.2) is 0 Å². The largest absolute Gasteiger partial charge is 1.00 e. The van der Waals surface area contributed by atoms with Crippen molar-refractivity contribution in [2.75, 3.05) is 0 Å². The van der Waals surface area contributed by atoms with Gasteiger partial charge in [-0.3, -0.25) is 0 Å².